The SMILES string of the molecule is OC/C=C/c1ccnc2ccccc12. The summed E-state index contributed by atoms with van der Waals surface area (Å²) in [5.74, 6) is 0. The van der Waals surface area contributed by atoms with E-state index in [2.05, 4.69) is 4.98 Å². The van der Waals surface area contributed by atoms with E-state index in [4.69, 9.17) is 5.11 Å². The molecule has 0 radical (unpaired) electrons. The first-order chi connectivity index (χ1) is 6.92. The van der Waals surface area contributed by atoms with Gasteiger partial charge in [0.25, 0.3) is 0 Å². The van der Waals surface area contributed by atoms with E-state index >= 15 is 0 Å². The Morgan fingerprint density at radius 3 is 2.93 bits per heavy atom. The number of aliphatic hydroxyl groups excluding tert-OH is 1. The molecule has 2 rings (SSSR count). The molecule has 2 aromatic rings. The zero-order chi connectivity index (χ0) is 9.80. The maximum absolute atomic E-state index is 8.70. The Morgan fingerprint density at radius 1 is 1.21 bits per heavy atom. The summed E-state index contributed by atoms with van der Waals surface area (Å²) in [6.07, 6.45) is 5.41. The number of para-hydroxylation sites is 1. The zero-order valence-electron chi connectivity index (χ0n) is 7.72. The second kappa shape index (κ2) is 4.03. The fraction of sp³-hybridized carbons (Fsp3) is 0.0833. The van der Waals surface area contributed by atoms with Crippen LogP contribution < -0.4 is 0 Å². The van der Waals surface area contributed by atoms with Gasteiger partial charge in [-0.3, -0.25) is 4.98 Å². The Balaban J connectivity index is 2.59. The van der Waals surface area contributed by atoms with Crippen LogP contribution in [-0.2, 0) is 0 Å². The maximum Gasteiger partial charge on any atom is 0.0707 e. The van der Waals surface area contributed by atoms with Crippen molar-refractivity contribution in [3.63, 3.8) is 0 Å². The Labute approximate surface area is 82.5 Å². The zero-order valence-corrected chi connectivity index (χ0v) is 7.72. The van der Waals surface area contributed by atoms with Gasteiger partial charge in [-0.2, -0.15) is 0 Å². The largest absolute Gasteiger partial charge is 0.392 e. The molecule has 0 unspecified atom stereocenters. The average Bonchev–Trinajstić information content (AvgIpc) is 2.26. The third-order valence-electron chi connectivity index (χ3n) is 2.09. The van der Waals surface area contributed by atoms with Crippen LogP contribution in [-0.4, -0.2) is 16.7 Å². The molecule has 1 aromatic carbocycles. The highest BCUT2D eigenvalue weighted by atomic mass is 16.2. The minimum absolute atomic E-state index is 0.0661. The molecule has 0 bridgehead atoms. The molecule has 0 aliphatic carbocycles. The van der Waals surface area contributed by atoms with Crippen molar-refractivity contribution >= 4 is 17.0 Å². The molecule has 0 aliphatic heterocycles. The fourth-order valence-electron chi connectivity index (χ4n) is 1.44. The van der Waals surface area contributed by atoms with E-state index < -0.39 is 0 Å². The molecule has 0 aliphatic rings. The van der Waals surface area contributed by atoms with Gasteiger partial charge in [-0.05, 0) is 17.7 Å². The lowest BCUT2D eigenvalue weighted by Crippen LogP contribution is -1.82. The molecule has 1 heterocycles. The minimum Gasteiger partial charge on any atom is -0.392 e. The first-order valence-electron chi connectivity index (χ1n) is 4.53. The summed E-state index contributed by atoms with van der Waals surface area (Å²) in [5.41, 5.74) is 2.07. The molecule has 2 nitrogen and oxygen atoms in total. The molecule has 70 valence electrons. The molecule has 0 saturated heterocycles. The van der Waals surface area contributed by atoms with Crippen molar-refractivity contribution in [1.29, 1.82) is 0 Å². The summed E-state index contributed by atoms with van der Waals surface area (Å²) in [5, 5.41) is 9.81. The van der Waals surface area contributed by atoms with E-state index in [1.54, 1.807) is 12.3 Å². The summed E-state index contributed by atoms with van der Waals surface area (Å²) in [6.45, 7) is 0.0661. The van der Waals surface area contributed by atoms with Gasteiger partial charge in [0.05, 0.1) is 12.1 Å². The number of pyridine rings is 1. The maximum atomic E-state index is 8.70. The van der Waals surface area contributed by atoms with Gasteiger partial charge >= 0.3 is 0 Å². The van der Waals surface area contributed by atoms with Crippen LogP contribution in [0.3, 0.4) is 0 Å². The van der Waals surface area contributed by atoms with Crippen LogP contribution in [0.2, 0.25) is 0 Å². The Bertz CT molecular complexity index is 457. The van der Waals surface area contributed by atoms with Gasteiger partial charge in [-0.1, -0.05) is 30.4 Å². The van der Waals surface area contributed by atoms with E-state index in [0.29, 0.717) is 0 Å². The standard InChI is InChI=1S/C12H11NO/c14-9-3-4-10-7-8-13-12-6-2-1-5-11(10)12/h1-8,14H,9H2/b4-3+. The third-order valence-corrected chi connectivity index (χ3v) is 2.09. The molecule has 0 saturated carbocycles. The van der Waals surface area contributed by atoms with Crippen LogP contribution in [0.1, 0.15) is 5.56 Å². The van der Waals surface area contributed by atoms with Crippen LogP contribution in [0.25, 0.3) is 17.0 Å². The van der Waals surface area contributed by atoms with Crippen LogP contribution in [0, 0.1) is 0 Å². The molecule has 2 heteroatoms. The van der Waals surface area contributed by atoms with E-state index in [1.165, 1.54) is 0 Å². The van der Waals surface area contributed by atoms with Crippen molar-refractivity contribution in [3.05, 3.63) is 48.2 Å². The quantitative estimate of drug-likeness (QED) is 0.778. The van der Waals surface area contributed by atoms with Gasteiger partial charge in [0.15, 0.2) is 0 Å². The number of hydrogen-bond acceptors (Lipinski definition) is 2. The lowest BCUT2D eigenvalue weighted by Gasteiger charge is -1.99. The molecule has 0 spiro atoms. The first-order valence-corrected chi connectivity index (χ1v) is 4.53. The molecular weight excluding hydrogens is 174 g/mol. The van der Waals surface area contributed by atoms with Gasteiger partial charge in [0.2, 0.25) is 0 Å². The van der Waals surface area contributed by atoms with Gasteiger partial charge < -0.3 is 5.11 Å². The average molecular weight is 185 g/mol. The van der Waals surface area contributed by atoms with E-state index in [1.807, 2.05) is 36.4 Å². The summed E-state index contributed by atoms with van der Waals surface area (Å²) in [4.78, 5) is 4.25. The van der Waals surface area contributed by atoms with Crippen LogP contribution in [0.15, 0.2) is 42.6 Å². The van der Waals surface area contributed by atoms with Crippen molar-refractivity contribution in [2.45, 2.75) is 0 Å². The van der Waals surface area contributed by atoms with Crippen molar-refractivity contribution in [2.24, 2.45) is 0 Å². The van der Waals surface area contributed by atoms with Crippen molar-refractivity contribution in [1.82, 2.24) is 4.98 Å². The predicted octanol–water partition coefficient (Wildman–Crippen LogP) is 2.24. The lowest BCUT2D eigenvalue weighted by atomic mass is 10.1. The topological polar surface area (TPSA) is 33.1 Å². The highest BCUT2D eigenvalue weighted by Crippen LogP contribution is 2.16. The smallest absolute Gasteiger partial charge is 0.0707 e. The molecule has 0 fully saturated rings. The highest BCUT2D eigenvalue weighted by Gasteiger charge is 1.96. The van der Waals surface area contributed by atoms with E-state index in [0.717, 1.165) is 16.5 Å². The Hall–Kier alpha value is -1.67. The normalized spacial score (nSPS) is 11.2. The number of benzene rings is 1. The molecule has 0 amide bonds. The van der Waals surface area contributed by atoms with Crippen molar-refractivity contribution in [3.8, 4) is 0 Å². The Kier molecular flexibility index (Phi) is 2.56. The van der Waals surface area contributed by atoms with Crippen LogP contribution in [0.4, 0.5) is 0 Å². The van der Waals surface area contributed by atoms with Gasteiger partial charge in [0, 0.05) is 11.6 Å². The summed E-state index contributed by atoms with van der Waals surface area (Å²) in [6, 6.07) is 9.90. The molecule has 14 heavy (non-hydrogen) atoms. The second-order valence-corrected chi connectivity index (χ2v) is 3.00. The van der Waals surface area contributed by atoms with Gasteiger partial charge in [0.1, 0.15) is 0 Å². The summed E-state index contributed by atoms with van der Waals surface area (Å²) in [7, 11) is 0. The highest BCUT2D eigenvalue weighted by molar-refractivity contribution is 5.87. The van der Waals surface area contributed by atoms with Crippen molar-refractivity contribution in [2.75, 3.05) is 6.61 Å². The minimum atomic E-state index is 0.0661. The first kappa shape index (κ1) is 8.91. The fourth-order valence-corrected chi connectivity index (χ4v) is 1.44. The monoisotopic (exact) mass is 185 g/mol. The van der Waals surface area contributed by atoms with Crippen LogP contribution >= 0.6 is 0 Å². The summed E-state index contributed by atoms with van der Waals surface area (Å²) < 4.78 is 0. The van der Waals surface area contributed by atoms with E-state index in [-0.39, 0.29) is 6.61 Å². The third kappa shape index (κ3) is 1.65. The van der Waals surface area contributed by atoms with Crippen LogP contribution in [0.5, 0.6) is 0 Å². The Morgan fingerprint density at radius 2 is 2.07 bits per heavy atom. The number of nitrogens with zero attached hydrogens (tertiary/aromatic N) is 1. The lowest BCUT2D eigenvalue weighted by molar-refractivity contribution is 0.343. The number of hydrogen-bond donors (Lipinski definition) is 1. The van der Waals surface area contributed by atoms with Gasteiger partial charge in [-0.25, -0.2) is 0 Å². The van der Waals surface area contributed by atoms with E-state index in [9.17, 15) is 0 Å². The summed E-state index contributed by atoms with van der Waals surface area (Å²) >= 11 is 0. The van der Waals surface area contributed by atoms with Crippen molar-refractivity contribution < 1.29 is 5.11 Å². The molecule has 1 N–H and O–H groups in total. The number of aromatic nitrogens is 1. The van der Waals surface area contributed by atoms with Gasteiger partial charge in [-0.15, -0.1) is 0 Å². The molecule has 1 aromatic heterocycles. The number of fused-ring (bicyclic) bond motifs is 1. The number of rotatable bonds is 2. The number of aliphatic hydroxyl groups is 1. The molecule has 0 atom stereocenters. The predicted molar refractivity (Wildman–Crippen MR) is 57.9 cm³/mol. The molecular formula is C12H11NO. The second-order valence-electron chi connectivity index (χ2n) is 3.00.